The number of hydrogen-bond acceptors (Lipinski definition) is 1. The molecule has 4 heteroatoms. The highest BCUT2D eigenvalue weighted by molar-refractivity contribution is 5.65. The van der Waals surface area contributed by atoms with Crippen LogP contribution in [-0.4, -0.2) is 0 Å². The van der Waals surface area contributed by atoms with Crippen molar-refractivity contribution in [3.8, 4) is 17.2 Å². The average molecular weight is 247 g/mol. The van der Waals surface area contributed by atoms with E-state index in [9.17, 15) is 13.2 Å². The first-order valence-electron chi connectivity index (χ1n) is 5.22. The van der Waals surface area contributed by atoms with Gasteiger partial charge < -0.3 is 0 Å². The molecule has 0 saturated carbocycles. The zero-order valence-corrected chi connectivity index (χ0v) is 9.25. The predicted molar refractivity (Wildman–Crippen MR) is 61.1 cm³/mol. The fourth-order valence-electron chi connectivity index (χ4n) is 1.68. The van der Waals surface area contributed by atoms with Crippen molar-refractivity contribution in [2.24, 2.45) is 0 Å². The molecule has 0 aliphatic heterocycles. The van der Waals surface area contributed by atoms with Crippen LogP contribution in [0.4, 0.5) is 13.2 Å². The summed E-state index contributed by atoms with van der Waals surface area (Å²) in [6.45, 7) is 0. The lowest BCUT2D eigenvalue weighted by Gasteiger charge is -2.07. The molecule has 0 spiro atoms. The van der Waals surface area contributed by atoms with Crippen LogP contribution in [0.3, 0.4) is 0 Å². The maximum absolute atomic E-state index is 13.6. The summed E-state index contributed by atoms with van der Waals surface area (Å²) in [6, 6.07) is 8.71. The monoisotopic (exact) mass is 247 g/mol. The molecule has 1 nitrogen and oxygen atoms in total. The van der Waals surface area contributed by atoms with Gasteiger partial charge >= 0.3 is 0 Å². The fourth-order valence-corrected chi connectivity index (χ4v) is 1.68. The minimum atomic E-state index is -0.704. The van der Waals surface area contributed by atoms with E-state index in [0.717, 1.165) is 24.3 Å². The summed E-state index contributed by atoms with van der Waals surface area (Å²) in [4.78, 5) is 0. The quantitative estimate of drug-likeness (QED) is 0.791. The molecular weight excluding hydrogens is 239 g/mol. The Balaban J connectivity index is 2.59. The molecule has 0 unspecified atom stereocenters. The van der Waals surface area contributed by atoms with Crippen LogP contribution >= 0.6 is 0 Å². The van der Waals surface area contributed by atoms with Gasteiger partial charge in [0.1, 0.15) is 17.5 Å². The van der Waals surface area contributed by atoms with Crippen molar-refractivity contribution in [3.63, 3.8) is 0 Å². The Hall–Kier alpha value is -2.28. The summed E-state index contributed by atoms with van der Waals surface area (Å²) in [6.07, 6.45) is 0.0875. The van der Waals surface area contributed by atoms with Crippen LogP contribution in [0.25, 0.3) is 11.1 Å². The Labute approximate surface area is 102 Å². The average Bonchev–Trinajstić information content (AvgIpc) is 2.35. The van der Waals surface area contributed by atoms with Crippen molar-refractivity contribution >= 4 is 0 Å². The second-order valence-electron chi connectivity index (χ2n) is 3.77. The van der Waals surface area contributed by atoms with Gasteiger partial charge in [-0.25, -0.2) is 13.2 Å². The molecule has 0 fully saturated rings. The Morgan fingerprint density at radius 2 is 1.50 bits per heavy atom. The smallest absolute Gasteiger partial charge is 0.131 e. The minimum Gasteiger partial charge on any atom is -0.207 e. The number of halogens is 3. The van der Waals surface area contributed by atoms with Crippen LogP contribution in [0.5, 0.6) is 0 Å². The lowest BCUT2D eigenvalue weighted by molar-refractivity contribution is 0.598. The second-order valence-corrected chi connectivity index (χ2v) is 3.77. The molecule has 0 heterocycles. The van der Waals surface area contributed by atoms with Gasteiger partial charge in [-0.15, -0.1) is 0 Å². The van der Waals surface area contributed by atoms with Gasteiger partial charge in [0, 0.05) is 11.1 Å². The first kappa shape index (κ1) is 12.2. The topological polar surface area (TPSA) is 23.8 Å². The van der Waals surface area contributed by atoms with Crippen molar-refractivity contribution in [2.75, 3.05) is 0 Å². The molecule has 0 saturated heterocycles. The Morgan fingerprint density at radius 3 is 2.17 bits per heavy atom. The number of hydrogen-bond donors (Lipinski definition) is 0. The molecule has 2 aromatic carbocycles. The van der Waals surface area contributed by atoms with Crippen molar-refractivity contribution in [3.05, 3.63) is 59.4 Å². The van der Waals surface area contributed by atoms with Gasteiger partial charge in [0.25, 0.3) is 0 Å². The molecule has 0 aromatic heterocycles. The van der Waals surface area contributed by atoms with Crippen LogP contribution in [0, 0.1) is 28.8 Å². The summed E-state index contributed by atoms with van der Waals surface area (Å²) in [7, 11) is 0. The van der Waals surface area contributed by atoms with Crippen molar-refractivity contribution < 1.29 is 13.2 Å². The van der Waals surface area contributed by atoms with E-state index in [1.165, 1.54) is 12.1 Å². The zero-order chi connectivity index (χ0) is 13.1. The van der Waals surface area contributed by atoms with E-state index in [1.807, 2.05) is 6.07 Å². The molecule has 90 valence electrons. The van der Waals surface area contributed by atoms with Gasteiger partial charge in [-0.3, -0.25) is 0 Å². The van der Waals surface area contributed by atoms with Crippen LogP contribution in [0.15, 0.2) is 36.4 Å². The van der Waals surface area contributed by atoms with E-state index in [-0.39, 0.29) is 17.5 Å². The number of nitrogens with zero attached hydrogens (tertiary/aromatic N) is 1. The van der Waals surface area contributed by atoms with Crippen LogP contribution < -0.4 is 0 Å². The Morgan fingerprint density at radius 1 is 0.889 bits per heavy atom. The van der Waals surface area contributed by atoms with E-state index in [4.69, 9.17) is 5.26 Å². The second kappa shape index (κ2) is 4.92. The third kappa shape index (κ3) is 2.35. The van der Waals surface area contributed by atoms with E-state index in [2.05, 4.69) is 0 Å². The van der Waals surface area contributed by atoms with Crippen LogP contribution in [-0.2, 0) is 6.42 Å². The molecule has 0 amide bonds. The first-order valence-corrected chi connectivity index (χ1v) is 5.22. The fraction of sp³-hybridized carbons (Fsp3) is 0.0714. The van der Waals surface area contributed by atoms with Crippen LogP contribution in [0.2, 0.25) is 0 Å². The van der Waals surface area contributed by atoms with Gasteiger partial charge in [-0.05, 0) is 35.9 Å². The minimum absolute atomic E-state index is 0.0419. The predicted octanol–water partition coefficient (Wildman–Crippen LogP) is 3.84. The molecule has 18 heavy (non-hydrogen) atoms. The SMILES string of the molecule is N#CCc1ccc(F)c(-c2cc(F)ccc2F)c1. The Bertz CT molecular complexity index is 629. The lowest BCUT2D eigenvalue weighted by Crippen LogP contribution is -1.92. The summed E-state index contributed by atoms with van der Waals surface area (Å²) >= 11 is 0. The molecule has 0 aliphatic rings. The summed E-state index contributed by atoms with van der Waals surface area (Å²) in [5.41, 5.74) is 0.365. The largest absolute Gasteiger partial charge is 0.207 e. The first-order chi connectivity index (χ1) is 8.61. The molecule has 0 bridgehead atoms. The molecule has 0 radical (unpaired) electrons. The molecule has 0 aliphatic carbocycles. The highest BCUT2D eigenvalue weighted by Crippen LogP contribution is 2.27. The maximum Gasteiger partial charge on any atom is 0.131 e. The van der Waals surface area contributed by atoms with Gasteiger partial charge in [0.15, 0.2) is 0 Å². The number of benzene rings is 2. The zero-order valence-electron chi connectivity index (χ0n) is 9.25. The summed E-state index contributed by atoms with van der Waals surface area (Å²) in [5.74, 6) is -2.00. The molecule has 2 aromatic rings. The standard InChI is InChI=1S/C14H8F3N/c15-10-2-4-14(17)12(8-10)11-7-9(5-6-18)1-3-13(11)16/h1-4,7-8H,5H2. The summed E-state index contributed by atoms with van der Waals surface area (Å²) < 4.78 is 40.3. The van der Waals surface area contributed by atoms with Crippen molar-refractivity contribution in [1.82, 2.24) is 0 Å². The van der Waals surface area contributed by atoms with Crippen molar-refractivity contribution in [1.29, 1.82) is 5.26 Å². The van der Waals surface area contributed by atoms with E-state index < -0.39 is 17.5 Å². The van der Waals surface area contributed by atoms with Gasteiger partial charge in [0.2, 0.25) is 0 Å². The third-order valence-electron chi connectivity index (χ3n) is 2.53. The molecule has 0 N–H and O–H groups in total. The van der Waals surface area contributed by atoms with Gasteiger partial charge in [-0.1, -0.05) is 6.07 Å². The highest BCUT2D eigenvalue weighted by Gasteiger charge is 2.12. The van der Waals surface area contributed by atoms with Crippen molar-refractivity contribution in [2.45, 2.75) is 6.42 Å². The number of nitriles is 1. The highest BCUT2D eigenvalue weighted by atomic mass is 19.1. The Kier molecular flexibility index (Phi) is 3.33. The summed E-state index contributed by atoms with van der Waals surface area (Å²) in [5, 5.41) is 8.57. The van der Waals surface area contributed by atoms with Crippen LogP contribution in [0.1, 0.15) is 5.56 Å². The molecular formula is C14H8F3N. The normalized spacial score (nSPS) is 10.1. The number of rotatable bonds is 2. The third-order valence-corrected chi connectivity index (χ3v) is 2.53. The maximum atomic E-state index is 13.6. The molecule has 0 atom stereocenters. The molecule has 2 rings (SSSR count). The van der Waals surface area contributed by atoms with Gasteiger partial charge in [0.05, 0.1) is 12.5 Å². The van der Waals surface area contributed by atoms with E-state index in [1.54, 1.807) is 0 Å². The lowest BCUT2D eigenvalue weighted by atomic mass is 10.0. The van der Waals surface area contributed by atoms with Gasteiger partial charge in [-0.2, -0.15) is 5.26 Å². The van der Waals surface area contributed by atoms with E-state index >= 15 is 0 Å². The van der Waals surface area contributed by atoms with E-state index in [0.29, 0.717) is 5.56 Å².